The summed E-state index contributed by atoms with van der Waals surface area (Å²) in [7, 11) is 0. The van der Waals surface area contributed by atoms with Crippen LogP contribution in [0.3, 0.4) is 0 Å². The van der Waals surface area contributed by atoms with Crippen LogP contribution in [-0.4, -0.2) is 40.9 Å². The smallest absolute Gasteiger partial charge is 0.254 e. The Kier molecular flexibility index (Phi) is 5.07. The number of aromatic nitrogens is 1. The van der Waals surface area contributed by atoms with Crippen molar-refractivity contribution in [2.45, 2.75) is 39.2 Å². The minimum absolute atomic E-state index is 0.0634. The van der Waals surface area contributed by atoms with E-state index in [1.54, 1.807) is 19.1 Å². The van der Waals surface area contributed by atoms with Crippen LogP contribution in [0.2, 0.25) is 0 Å². The zero-order chi connectivity index (χ0) is 19.8. The maximum atomic E-state index is 13.9. The van der Waals surface area contributed by atoms with Crippen molar-refractivity contribution in [3.63, 3.8) is 0 Å². The molecular formula is C21H23FN4OS. The summed E-state index contributed by atoms with van der Waals surface area (Å²) >= 11 is 1.39. The van der Waals surface area contributed by atoms with Gasteiger partial charge in [0.25, 0.3) is 5.91 Å². The molecule has 0 bridgehead atoms. The Balaban J connectivity index is 1.55. The number of nitriles is 1. The SMILES string of the molecule is Cc1nsc(N2CCC3C(CCCN3C(=O)c3cccc(F)c3C)C2)c1C#N. The van der Waals surface area contributed by atoms with Crippen LogP contribution in [-0.2, 0) is 0 Å². The van der Waals surface area contributed by atoms with Gasteiger partial charge in [-0.2, -0.15) is 9.64 Å². The fraction of sp³-hybridized carbons (Fsp3) is 0.476. The van der Waals surface area contributed by atoms with Crippen molar-refractivity contribution in [1.82, 2.24) is 9.27 Å². The molecule has 28 heavy (non-hydrogen) atoms. The number of carbonyl (C=O) groups excluding carboxylic acids is 1. The van der Waals surface area contributed by atoms with Crippen molar-refractivity contribution < 1.29 is 9.18 Å². The van der Waals surface area contributed by atoms with Crippen LogP contribution in [0.4, 0.5) is 9.39 Å². The van der Waals surface area contributed by atoms with Crippen LogP contribution in [0, 0.1) is 36.9 Å². The number of hydrogen-bond donors (Lipinski definition) is 0. The van der Waals surface area contributed by atoms with Gasteiger partial charge in [0.05, 0.1) is 5.69 Å². The number of anilines is 1. The summed E-state index contributed by atoms with van der Waals surface area (Å²) in [5.41, 5.74) is 2.34. The first-order valence-electron chi connectivity index (χ1n) is 9.68. The second kappa shape index (κ2) is 7.51. The maximum Gasteiger partial charge on any atom is 0.254 e. The number of piperidine rings is 2. The fourth-order valence-corrected chi connectivity index (χ4v) is 5.42. The van der Waals surface area contributed by atoms with Crippen molar-refractivity contribution >= 4 is 22.4 Å². The highest BCUT2D eigenvalue weighted by molar-refractivity contribution is 7.10. The lowest BCUT2D eigenvalue weighted by molar-refractivity contribution is 0.0448. The number of fused-ring (bicyclic) bond motifs is 1. The highest BCUT2D eigenvalue weighted by atomic mass is 32.1. The fourth-order valence-electron chi connectivity index (χ4n) is 4.54. The molecule has 7 heteroatoms. The third kappa shape index (κ3) is 3.16. The van der Waals surface area contributed by atoms with Gasteiger partial charge in [-0.05, 0) is 68.3 Å². The monoisotopic (exact) mass is 398 g/mol. The lowest BCUT2D eigenvalue weighted by Crippen LogP contribution is -2.56. The normalized spacial score (nSPS) is 21.9. The van der Waals surface area contributed by atoms with Crippen LogP contribution in [0.15, 0.2) is 18.2 Å². The van der Waals surface area contributed by atoms with Gasteiger partial charge >= 0.3 is 0 Å². The van der Waals surface area contributed by atoms with E-state index < -0.39 is 0 Å². The van der Waals surface area contributed by atoms with Crippen LogP contribution < -0.4 is 4.90 Å². The summed E-state index contributed by atoms with van der Waals surface area (Å²) in [6, 6.07) is 7.17. The van der Waals surface area contributed by atoms with Crippen molar-refractivity contribution in [3.05, 3.63) is 46.4 Å². The van der Waals surface area contributed by atoms with Gasteiger partial charge in [-0.3, -0.25) is 4.79 Å². The molecule has 2 saturated heterocycles. The molecule has 1 aromatic heterocycles. The second-order valence-electron chi connectivity index (χ2n) is 7.68. The minimum atomic E-state index is -0.334. The highest BCUT2D eigenvalue weighted by Crippen LogP contribution is 2.37. The molecule has 0 spiro atoms. The average Bonchev–Trinajstić information content (AvgIpc) is 3.09. The molecule has 0 aliphatic carbocycles. The van der Waals surface area contributed by atoms with Crippen molar-refractivity contribution in [1.29, 1.82) is 5.26 Å². The molecule has 1 aromatic carbocycles. The van der Waals surface area contributed by atoms with Gasteiger partial charge in [0, 0.05) is 31.2 Å². The Labute approximate surface area is 168 Å². The zero-order valence-corrected chi connectivity index (χ0v) is 16.9. The Morgan fingerprint density at radius 3 is 2.93 bits per heavy atom. The quantitative estimate of drug-likeness (QED) is 0.770. The molecule has 2 unspecified atom stereocenters. The van der Waals surface area contributed by atoms with Gasteiger partial charge in [-0.25, -0.2) is 4.39 Å². The van der Waals surface area contributed by atoms with Gasteiger partial charge in [0.2, 0.25) is 0 Å². The number of halogens is 1. The minimum Gasteiger partial charge on any atom is -0.361 e. The third-order valence-electron chi connectivity index (χ3n) is 6.07. The van der Waals surface area contributed by atoms with Gasteiger partial charge in [0.15, 0.2) is 0 Å². The summed E-state index contributed by atoms with van der Waals surface area (Å²) in [6.45, 7) is 5.88. The predicted molar refractivity (Wildman–Crippen MR) is 107 cm³/mol. The number of benzene rings is 1. The van der Waals surface area contributed by atoms with E-state index in [2.05, 4.69) is 15.3 Å². The van der Waals surface area contributed by atoms with E-state index in [-0.39, 0.29) is 17.8 Å². The summed E-state index contributed by atoms with van der Waals surface area (Å²) in [6.07, 6.45) is 2.86. The largest absolute Gasteiger partial charge is 0.361 e. The van der Waals surface area contributed by atoms with E-state index in [0.29, 0.717) is 22.6 Å². The molecule has 2 aromatic rings. The van der Waals surface area contributed by atoms with Crippen LogP contribution in [0.5, 0.6) is 0 Å². The Morgan fingerprint density at radius 2 is 2.14 bits per heavy atom. The number of nitrogens with zero attached hydrogens (tertiary/aromatic N) is 4. The molecule has 0 saturated carbocycles. The first-order chi connectivity index (χ1) is 13.5. The molecule has 4 rings (SSSR count). The number of aryl methyl sites for hydroxylation is 1. The summed E-state index contributed by atoms with van der Waals surface area (Å²) in [5, 5.41) is 10.4. The summed E-state index contributed by atoms with van der Waals surface area (Å²) in [4.78, 5) is 17.4. The van der Waals surface area contributed by atoms with E-state index in [1.807, 2.05) is 11.8 Å². The number of hydrogen-bond acceptors (Lipinski definition) is 5. The van der Waals surface area contributed by atoms with E-state index in [0.717, 1.165) is 49.6 Å². The molecule has 2 aliphatic rings. The van der Waals surface area contributed by atoms with E-state index in [1.165, 1.54) is 17.6 Å². The van der Waals surface area contributed by atoms with E-state index >= 15 is 0 Å². The predicted octanol–water partition coefficient (Wildman–Crippen LogP) is 3.90. The summed E-state index contributed by atoms with van der Waals surface area (Å²) in [5.74, 6) is -0.0420. The third-order valence-corrected chi connectivity index (χ3v) is 7.07. The summed E-state index contributed by atoms with van der Waals surface area (Å²) < 4.78 is 18.3. The topological polar surface area (TPSA) is 60.2 Å². The van der Waals surface area contributed by atoms with Crippen LogP contribution in [0.1, 0.15) is 46.4 Å². The van der Waals surface area contributed by atoms with E-state index in [4.69, 9.17) is 0 Å². The van der Waals surface area contributed by atoms with Crippen molar-refractivity contribution in [2.24, 2.45) is 5.92 Å². The molecule has 146 valence electrons. The van der Waals surface area contributed by atoms with E-state index in [9.17, 15) is 14.4 Å². The molecular weight excluding hydrogens is 375 g/mol. The van der Waals surface area contributed by atoms with Crippen molar-refractivity contribution in [3.8, 4) is 6.07 Å². The molecule has 2 aliphatic heterocycles. The van der Waals surface area contributed by atoms with Gasteiger partial charge < -0.3 is 9.80 Å². The van der Waals surface area contributed by atoms with Gasteiger partial charge in [-0.1, -0.05) is 6.07 Å². The molecule has 2 fully saturated rings. The number of carbonyl (C=O) groups is 1. The molecule has 2 atom stereocenters. The Hall–Kier alpha value is -2.46. The zero-order valence-electron chi connectivity index (χ0n) is 16.1. The molecule has 5 nitrogen and oxygen atoms in total. The highest BCUT2D eigenvalue weighted by Gasteiger charge is 2.39. The molecule has 1 amide bonds. The second-order valence-corrected chi connectivity index (χ2v) is 8.43. The van der Waals surface area contributed by atoms with Crippen molar-refractivity contribution in [2.75, 3.05) is 24.5 Å². The lowest BCUT2D eigenvalue weighted by atomic mass is 9.83. The first-order valence-corrected chi connectivity index (χ1v) is 10.5. The average molecular weight is 399 g/mol. The molecule has 3 heterocycles. The number of likely N-dealkylation sites (tertiary alicyclic amines) is 1. The Morgan fingerprint density at radius 1 is 1.32 bits per heavy atom. The maximum absolute atomic E-state index is 13.9. The molecule has 0 radical (unpaired) electrons. The first kappa shape index (κ1) is 18.9. The lowest BCUT2D eigenvalue weighted by Gasteiger charge is -2.47. The number of rotatable bonds is 2. The van der Waals surface area contributed by atoms with Crippen LogP contribution in [0.25, 0.3) is 0 Å². The van der Waals surface area contributed by atoms with Gasteiger partial charge in [-0.15, -0.1) is 0 Å². The molecule has 0 N–H and O–H groups in total. The number of amides is 1. The van der Waals surface area contributed by atoms with Crippen LogP contribution >= 0.6 is 11.5 Å². The van der Waals surface area contributed by atoms with Gasteiger partial charge in [0.1, 0.15) is 22.5 Å². The standard InChI is InChI=1S/C21H23FN4OS/c1-13-16(6-3-7-18(13)22)20(27)26-9-4-5-15-12-25(10-8-19(15)26)21-17(11-23)14(2)24-28-21/h3,6-7,15,19H,4-5,8-10,12H2,1-2H3. The Bertz CT molecular complexity index is 950.